The Bertz CT molecular complexity index is 586. The molecule has 5 heteroatoms. The maximum Gasteiger partial charge on any atom is 0.243 e. The van der Waals surface area contributed by atoms with E-state index in [4.69, 9.17) is 0 Å². The largest absolute Gasteiger partial charge is 0.300 e. The van der Waals surface area contributed by atoms with Crippen LogP contribution >= 0.6 is 0 Å². The van der Waals surface area contributed by atoms with Gasteiger partial charge in [0, 0.05) is 19.1 Å². The van der Waals surface area contributed by atoms with Gasteiger partial charge in [0.2, 0.25) is 10.0 Å². The fourth-order valence-corrected chi connectivity index (χ4v) is 5.23. The Morgan fingerprint density at radius 3 is 2.24 bits per heavy atom. The molecule has 2 fully saturated rings. The maximum absolute atomic E-state index is 12.7. The molecule has 2 aliphatic rings. The lowest BCUT2D eigenvalue weighted by Gasteiger charge is -2.36. The van der Waals surface area contributed by atoms with Crippen LogP contribution in [0.3, 0.4) is 0 Å². The van der Waals surface area contributed by atoms with E-state index in [0.29, 0.717) is 24.0 Å². The van der Waals surface area contributed by atoms with Crippen LogP contribution in [-0.2, 0) is 10.0 Å². The minimum atomic E-state index is -3.32. The van der Waals surface area contributed by atoms with Crippen molar-refractivity contribution in [1.29, 1.82) is 0 Å². The number of sulfonamides is 1. The Balaban J connectivity index is 1.70. The SMILES string of the molecule is Cc1ccccc1S(=O)(=O)N1CCC(N2CCCC2)CC1. The number of hydrogen-bond acceptors (Lipinski definition) is 3. The second-order valence-corrected chi connectivity index (χ2v) is 8.05. The zero-order valence-electron chi connectivity index (χ0n) is 12.7. The molecule has 1 aromatic rings. The molecule has 2 heterocycles. The van der Waals surface area contributed by atoms with Gasteiger partial charge < -0.3 is 4.90 Å². The van der Waals surface area contributed by atoms with Crippen molar-refractivity contribution in [3.63, 3.8) is 0 Å². The van der Waals surface area contributed by atoms with Gasteiger partial charge in [-0.1, -0.05) is 18.2 Å². The summed E-state index contributed by atoms with van der Waals surface area (Å²) < 4.78 is 27.2. The standard InChI is InChI=1S/C16H24N2O2S/c1-14-6-2-3-7-16(14)21(19,20)18-12-8-15(9-13-18)17-10-4-5-11-17/h2-3,6-7,15H,4-5,8-13H2,1H3. The zero-order chi connectivity index (χ0) is 14.9. The van der Waals surface area contributed by atoms with Gasteiger partial charge in [0.15, 0.2) is 0 Å². The van der Waals surface area contributed by atoms with Gasteiger partial charge in [0.1, 0.15) is 0 Å². The molecule has 21 heavy (non-hydrogen) atoms. The molecule has 0 radical (unpaired) electrons. The maximum atomic E-state index is 12.7. The minimum Gasteiger partial charge on any atom is -0.300 e. The number of piperidine rings is 1. The summed E-state index contributed by atoms with van der Waals surface area (Å²) in [6, 6.07) is 7.85. The van der Waals surface area contributed by atoms with Crippen molar-refractivity contribution >= 4 is 10.0 Å². The van der Waals surface area contributed by atoms with Gasteiger partial charge in [-0.15, -0.1) is 0 Å². The van der Waals surface area contributed by atoms with E-state index in [0.717, 1.165) is 18.4 Å². The normalized spacial score (nSPS) is 22.7. The van der Waals surface area contributed by atoms with E-state index in [1.807, 2.05) is 19.1 Å². The number of aryl methyl sites for hydroxylation is 1. The van der Waals surface area contributed by atoms with Crippen LogP contribution < -0.4 is 0 Å². The average Bonchev–Trinajstić information content (AvgIpc) is 3.02. The molecule has 0 unspecified atom stereocenters. The van der Waals surface area contributed by atoms with Crippen LogP contribution in [0.2, 0.25) is 0 Å². The van der Waals surface area contributed by atoms with Crippen molar-refractivity contribution in [1.82, 2.24) is 9.21 Å². The summed E-state index contributed by atoms with van der Waals surface area (Å²) in [7, 11) is -3.32. The van der Waals surface area contributed by atoms with E-state index in [1.165, 1.54) is 25.9 Å². The van der Waals surface area contributed by atoms with Crippen LogP contribution in [0.1, 0.15) is 31.2 Å². The summed E-state index contributed by atoms with van der Waals surface area (Å²) >= 11 is 0. The summed E-state index contributed by atoms with van der Waals surface area (Å²) in [4.78, 5) is 3.00. The van der Waals surface area contributed by atoms with E-state index in [-0.39, 0.29) is 0 Å². The Labute approximate surface area is 127 Å². The molecule has 0 aliphatic carbocycles. The predicted octanol–water partition coefficient (Wildman–Crippen LogP) is 2.24. The van der Waals surface area contributed by atoms with Gasteiger partial charge in [-0.2, -0.15) is 4.31 Å². The molecule has 2 saturated heterocycles. The van der Waals surface area contributed by atoms with Crippen molar-refractivity contribution < 1.29 is 8.42 Å². The third-order valence-corrected chi connectivity index (χ3v) is 6.85. The van der Waals surface area contributed by atoms with E-state index >= 15 is 0 Å². The van der Waals surface area contributed by atoms with Crippen molar-refractivity contribution in [3.05, 3.63) is 29.8 Å². The van der Waals surface area contributed by atoms with Crippen LogP contribution in [0.25, 0.3) is 0 Å². The Morgan fingerprint density at radius 1 is 1.00 bits per heavy atom. The summed E-state index contributed by atoms with van der Waals surface area (Å²) in [6.07, 6.45) is 4.51. The molecule has 0 saturated carbocycles. The molecule has 0 atom stereocenters. The van der Waals surface area contributed by atoms with Crippen molar-refractivity contribution in [2.45, 2.75) is 43.5 Å². The average molecular weight is 308 g/mol. The van der Waals surface area contributed by atoms with Gasteiger partial charge >= 0.3 is 0 Å². The highest BCUT2D eigenvalue weighted by Crippen LogP contribution is 2.26. The second-order valence-electron chi connectivity index (χ2n) is 6.14. The molecule has 0 N–H and O–H groups in total. The van der Waals surface area contributed by atoms with E-state index < -0.39 is 10.0 Å². The molecule has 0 bridgehead atoms. The van der Waals surface area contributed by atoms with Crippen molar-refractivity contribution in [2.24, 2.45) is 0 Å². The van der Waals surface area contributed by atoms with Gasteiger partial charge in [-0.25, -0.2) is 8.42 Å². The van der Waals surface area contributed by atoms with Crippen LogP contribution in [-0.4, -0.2) is 49.8 Å². The van der Waals surface area contributed by atoms with Gasteiger partial charge in [0.25, 0.3) is 0 Å². The molecule has 116 valence electrons. The first kappa shape index (κ1) is 15.0. The van der Waals surface area contributed by atoms with Crippen LogP contribution in [0.15, 0.2) is 29.2 Å². The summed E-state index contributed by atoms with van der Waals surface area (Å²) in [5, 5.41) is 0. The molecule has 2 aliphatic heterocycles. The van der Waals surface area contributed by atoms with Crippen molar-refractivity contribution in [2.75, 3.05) is 26.2 Å². The highest BCUT2D eigenvalue weighted by atomic mass is 32.2. The topological polar surface area (TPSA) is 40.6 Å². The number of benzene rings is 1. The first-order chi connectivity index (χ1) is 10.1. The smallest absolute Gasteiger partial charge is 0.243 e. The van der Waals surface area contributed by atoms with E-state index in [2.05, 4.69) is 4.90 Å². The zero-order valence-corrected chi connectivity index (χ0v) is 13.5. The molecule has 0 spiro atoms. The molecule has 0 amide bonds. The predicted molar refractivity (Wildman–Crippen MR) is 83.8 cm³/mol. The molecule has 4 nitrogen and oxygen atoms in total. The minimum absolute atomic E-state index is 0.463. The van der Waals surface area contributed by atoms with Gasteiger partial charge in [0.05, 0.1) is 4.90 Å². The van der Waals surface area contributed by atoms with Crippen LogP contribution in [0.5, 0.6) is 0 Å². The van der Waals surface area contributed by atoms with E-state index in [1.54, 1.807) is 16.4 Å². The molecular weight excluding hydrogens is 284 g/mol. The Kier molecular flexibility index (Phi) is 4.33. The summed E-state index contributed by atoms with van der Waals surface area (Å²) in [5.41, 5.74) is 0.833. The van der Waals surface area contributed by atoms with Crippen LogP contribution in [0.4, 0.5) is 0 Å². The Morgan fingerprint density at radius 2 is 1.62 bits per heavy atom. The lowest BCUT2D eigenvalue weighted by molar-refractivity contribution is 0.168. The first-order valence-electron chi connectivity index (χ1n) is 7.89. The van der Waals surface area contributed by atoms with Crippen LogP contribution in [0, 0.1) is 6.92 Å². The van der Waals surface area contributed by atoms with Gasteiger partial charge in [-0.3, -0.25) is 0 Å². The fourth-order valence-electron chi connectivity index (χ4n) is 3.54. The van der Waals surface area contributed by atoms with Crippen molar-refractivity contribution in [3.8, 4) is 0 Å². The molecule has 3 rings (SSSR count). The highest BCUT2D eigenvalue weighted by molar-refractivity contribution is 7.89. The Hall–Kier alpha value is -0.910. The molecular formula is C16H24N2O2S. The molecule has 1 aromatic carbocycles. The quantitative estimate of drug-likeness (QED) is 0.860. The lowest BCUT2D eigenvalue weighted by atomic mass is 10.1. The summed E-state index contributed by atoms with van der Waals surface area (Å²) in [6.45, 7) is 5.55. The number of likely N-dealkylation sites (tertiary alicyclic amines) is 1. The van der Waals surface area contributed by atoms with Gasteiger partial charge in [-0.05, 0) is 57.3 Å². The first-order valence-corrected chi connectivity index (χ1v) is 9.33. The highest BCUT2D eigenvalue weighted by Gasteiger charge is 2.32. The number of nitrogens with zero attached hydrogens (tertiary/aromatic N) is 2. The second kappa shape index (κ2) is 6.07. The number of rotatable bonds is 3. The summed E-state index contributed by atoms with van der Waals surface area (Å²) in [5.74, 6) is 0. The molecule has 0 aromatic heterocycles. The van der Waals surface area contributed by atoms with E-state index in [9.17, 15) is 8.42 Å². The lowest BCUT2D eigenvalue weighted by Crippen LogP contribution is -2.45. The third kappa shape index (κ3) is 3.00. The monoisotopic (exact) mass is 308 g/mol. The number of hydrogen-bond donors (Lipinski definition) is 0. The fraction of sp³-hybridized carbons (Fsp3) is 0.625. The third-order valence-electron chi connectivity index (χ3n) is 4.79.